The zero-order chi connectivity index (χ0) is 16.5. The summed E-state index contributed by atoms with van der Waals surface area (Å²) < 4.78 is 10.9. The molecule has 2 rings (SSSR count). The van der Waals surface area contributed by atoms with Gasteiger partial charge in [-0.15, -0.1) is 0 Å². The van der Waals surface area contributed by atoms with Crippen molar-refractivity contribution in [3.05, 3.63) is 65.7 Å². The Kier molecular flexibility index (Phi) is 7.07. The fourth-order valence-corrected chi connectivity index (χ4v) is 2.50. The van der Waals surface area contributed by atoms with Gasteiger partial charge >= 0.3 is 0 Å². The summed E-state index contributed by atoms with van der Waals surface area (Å²) in [5, 5.41) is 10.1. The molecule has 23 heavy (non-hydrogen) atoms. The zero-order valence-electron chi connectivity index (χ0n) is 13.8. The molecule has 4 nitrogen and oxygen atoms in total. The van der Waals surface area contributed by atoms with Gasteiger partial charge in [-0.1, -0.05) is 48.5 Å². The lowest BCUT2D eigenvalue weighted by atomic mass is 10.2. The van der Waals surface area contributed by atoms with Gasteiger partial charge in [0.2, 0.25) is 0 Å². The van der Waals surface area contributed by atoms with E-state index in [-0.39, 0.29) is 0 Å². The molecule has 0 bridgehead atoms. The number of methoxy groups -OCH3 is 1. The third-order valence-electron chi connectivity index (χ3n) is 3.58. The first-order valence-electron chi connectivity index (χ1n) is 7.79. The van der Waals surface area contributed by atoms with Crippen LogP contribution in [0.2, 0.25) is 0 Å². The van der Waals surface area contributed by atoms with Crippen LogP contribution in [-0.4, -0.2) is 43.4 Å². The van der Waals surface area contributed by atoms with Crippen molar-refractivity contribution in [3.63, 3.8) is 0 Å². The SMILES string of the molecule is COc1ccccc1COC[C@@H](O)CN(C)Cc1ccccc1. The summed E-state index contributed by atoms with van der Waals surface area (Å²) in [5.41, 5.74) is 2.22. The van der Waals surface area contributed by atoms with E-state index < -0.39 is 6.10 Å². The molecule has 0 aliphatic carbocycles. The first kappa shape index (κ1) is 17.5. The van der Waals surface area contributed by atoms with Crippen LogP contribution in [0.25, 0.3) is 0 Å². The lowest BCUT2D eigenvalue weighted by Gasteiger charge is -2.20. The molecule has 4 heteroatoms. The Morgan fingerprint density at radius 1 is 1.04 bits per heavy atom. The van der Waals surface area contributed by atoms with Crippen molar-refractivity contribution in [2.45, 2.75) is 19.3 Å². The van der Waals surface area contributed by atoms with Crippen LogP contribution in [0.1, 0.15) is 11.1 Å². The summed E-state index contributed by atoms with van der Waals surface area (Å²) in [4.78, 5) is 2.09. The summed E-state index contributed by atoms with van der Waals surface area (Å²) in [6.45, 7) is 2.12. The molecule has 0 aromatic heterocycles. The highest BCUT2D eigenvalue weighted by Gasteiger charge is 2.10. The van der Waals surface area contributed by atoms with Crippen LogP contribution in [0.4, 0.5) is 0 Å². The Labute approximate surface area is 138 Å². The smallest absolute Gasteiger partial charge is 0.124 e. The number of para-hydroxylation sites is 1. The maximum atomic E-state index is 10.1. The second-order valence-electron chi connectivity index (χ2n) is 5.66. The van der Waals surface area contributed by atoms with E-state index in [2.05, 4.69) is 17.0 Å². The van der Waals surface area contributed by atoms with Gasteiger partial charge in [0.25, 0.3) is 0 Å². The molecule has 0 aliphatic heterocycles. The monoisotopic (exact) mass is 315 g/mol. The number of nitrogens with zero attached hydrogens (tertiary/aromatic N) is 1. The predicted octanol–water partition coefficient (Wildman–Crippen LogP) is 2.70. The average molecular weight is 315 g/mol. The molecule has 0 radical (unpaired) electrons. The summed E-state index contributed by atoms with van der Waals surface area (Å²) in [5.74, 6) is 0.809. The summed E-state index contributed by atoms with van der Waals surface area (Å²) in [6.07, 6.45) is -0.515. The van der Waals surface area contributed by atoms with Crippen molar-refractivity contribution in [1.29, 1.82) is 0 Å². The van der Waals surface area contributed by atoms with E-state index in [0.29, 0.717) is 19.8 Å². The molecule has 2 aromatic carbocycles. The van der Waals surface area contributed by atoms with Crippen molar-refractivity contribution < 1.29 is 14.6 Å². The van der Waals surface area contributed by atoms with Crippen LogP contribution in [0, 0.1) is 0 Å². The Balaban J connectivity index is 1.71. The molecular formula is C19H25NO3. The van der Waals surface area contributed by atoms with E-state index in [1.165, 1.54) is 5.56 Å². The standard InChI is InChI=1S/C19H25NO3/c1-20(12-16-8-4-3-5-9-16)13-18(21)15-23-14-17-10-6-7-11-19(17)22-2/h3-11,18,21H,12-15H2,1-2H3/t18-/m0/s1. The van der Waals surface area contributed by atoms with Gasteiger partial charge in [0.1, 0.15) is 5.75 Å². The van der Waals surface area contributed by atoms with Gasteiger partial charge in [-0.3, -0.25) is 4.90 Å². The first-order chi connectivity index (χ1) is 11.2. The molecule has 124 valence electrons. The van der Waals surface area contributed by atoms with E-state index in [4.69, 9.17) is 9.47 Å². The van der Waals surface area contributed by atoms with Gasteiger partial charge in [0, 0.05) is 18.7 Å². The van der Waals surface area contributed by atoms with Crippen LogP contribution in [-0.2, 0) is 17.9 Å². The van der Waals surface area contributed by atoms with Crippen LogP contribution in [0.3, 0.4) is 0 Å². The normalized spacial score (nSPS) is 12.3. The molecule has 0 saturated heterocycles. The number of aliphatic hydroxyl groups excluding tert-OH is 1. The Morgan fingerprint density at radius 3 is 2.48 bits per heavy atom. The number of rotatable bonds is 9. The molecule has 0 unspecified atom stereocenters. The summed E-state index contributed by atoms with van der Waals surface area (Å²) >= 11 is 0. The molecule has 0 saturated carbocycles. The summed E-state index contributed by atoms with van der Waals surface area (Å²) in [7, 11) is 3.64. The van der Waals surface area contributed by atoms with Gasteiger partial charge in [0.15, 0.2) is 0 Å². The predicted molar refractivity (Wildman–Crippen MR) is 91.4 cm³/mol. The van der Waals surface area contributed by atoms with Gasteiger partial charge in [-0.2, -0.15) is 0 Å². The van der Waals surface area contributed by atoms with Crippen molar-refractivity contribution in [2.24, 2.45) is 0 Å². The lowest BCUT2D eigenvalue weighted by molar-refractivity contribution is 0.0122. The molecule has 0 amide bonds. The number of ether oxygens (including phenoxy) is 2. The van der Waals surface area contributed by atoms with E-state index in [0.717, 1.165) is 17.9 Å². The summed E-state index contributed by atoms with van der Waals surface area (Å²) in [6, 6.07) is 18.0. The van der Waals surface area contributed by atoms with Gasteiger partial charge in [-0.25, -0.2) is 0 Å². The van der Waals surface area contributed by atoms with Crippen LogP contribution < -0.4 is 4.74 Å². The molecule has 0 aliphatic rings. The third kappa shape index (κ3) is 6.02. The maximum Gasteiger partial charge on any atom is 0.124 e. The number of aliphatic hydroxyl groups is 1. The van der Waals surface area contributed by atoms with Crippen LogP contribution in [0.15, 0.2) is 54.6 Å². The first-order valence-corrected chi connectivity index (χ1v) is 7.79. The molecular weight excluding hydrogens is 290 g/mol. The maximum absolute atomic E-state index is 10.1. The van der Waals surface area contributed by atoms with Gasteiger partial charge in [-0.05, 0) is 18.7 Å². The number of hydrogen-bond donors (Lipinski definition) is 1. The second-order valence-corrected chi connectivity index (χ2v) is 5.66. The van der Waals surface area contributed by atoms with Gasteiger partial charge < -0.3 is 14.6 Å². The minimum atomic E-state index is -0.515. The van der Waals surface area contributed by atoms with E-state index >= 15 is 0 Å². The Morgan fingerprint density at radius 2 is 1.74 bits per heavy atom. The molecule has 0 spiro atoms. The van der Waals surface area contributed by atoms with Gasteiger partial charge in [0.05, 0.1) is 26.4 Å². The minimum absolute atomic E-state index is 0.303. The second kappa shape index (κ2) is 9.30. The molecule has 2 aromatic rings. The highest BCUT2D eigenvalue weighted by Crippen LogP contribution is 2.18. The average Bonchev–Trinajstić information content (AvgIpc) is 2.56. The fourth-order valence-electron chi connectivity index (χ4n) is 2.50. The highest BCUT2D eigenvalue weighted by molar-refractivity contribution is 5.32. The van der Waals surface area contributed by atoms with E-state index in [1.807, 2.05) is 49.5 Å². The number of hydrogen-bond acceptors (Lipinski definition) is 4. The molecule has 1 atom stereocenters. The highest BCUT2D eigenvalue weighted by atomic mass is 16.5. The quantitative estimate of drug-likeness (QED) is 0.772. The van der Waals surface area contributed by atoms with Crippen LogP contribution in [0.5, 0.6) is 5.75 Å². The Bertz CT molecular complexity index is 574. The number of benzene rings is 2. The molecule has 0 fully saturated rings. The van der Waals surface area contributed by atoms with E-state index in [1.54, 1.807) is 7.11 Å². The van der Waals surface area contributed by atoms with Crippen molar-refractivity contribution in [2.75, 3.05) is 27.3 Å². The molecule has 0 heterocycles. The third-order valence-corrected chi connectivity index (χ3v) is 3.58. The van der Waals surface area contributed by atoms with E-state index in [9.17, 15) is 5.11 Å². The fraction of sp³-hybridized carbons (Fsp3) is 0.368. The van der Waals surface area contributed by atoms with Crippen LogP contribution >= 0.6 is 0 Å². The van der Waals surface area contributed by atoms with Crippen molar-refractivity contribution in [3.8, 4) is 5.75 Å². The van der Waals surface area contributed by atoms with Crippen molar-refractivity contribution >= 4 is 0 Å². The minimum Gasteiger partial charge on any atom is -0.496 e. The molecule has 1 N–H and O–H groups in total. The zero-order valence-corrected chi connectivity index (χ0v) is 13.8. The topological polar surface area (TPSA) is 41.9 Å². The van der Waals surface area contributed by atoms with Crippen molar-refractivity contribution in [1.82, 2.24) is 4.90 Å². The lowest BCUT2D eigenvalue weighted by Crippen LogP contribution is -2.31. The Hall–Kier alpha value is -1.88. The number of likely N-dealkylation sites (N-methyl/N-ethyl adjacent to an activating group) is 1. The largest absolute Gasteiger partial charge is 0.496 e.